The third kappa shape index (κ3) is 4.05. The molecule has 1 aliphatic carbocycles. The third-order valence-electron chi connectivity index (χ3n) is 4.13. The molecular weight excluding hydrogens is 250 g/mol. The van der Waals surface area contributed by atoms with E-state index in [0.717, 1.165) is 24.6 Å². The molecule has 1 saturated carbocycles. The molecule has 0 saturated heterocycles. The van der Waals surface area contributed by atoms with Gasteiger partial charge in [-0.25, -0.2) is 5.84 Å². The number of nitrogen functional groups attached to an aromatic ring is 1. The van der Waals surface area contributed by atoms with Gasteiger partial charge in [0, 0.05) is 18.7 Å². The zero-order valence-corrected chi connectivity index (χ0v) is 12.3. The van der Waals surface area contributed by atoms with E-state index in [1.165, 1.54) is 32.1 Å². The summed E-state index contributed by atoms with van der Waals surface area (Å²) in [6, 6.07) is 7.67. The second kappa shape index (κ2) is 7.41. The normalized spacial score (nSPS) is 16.4. The Morgan fingerprint density at radius 1 is 1.30 bits per heavy atom. The number of carbonyl (C=O) groups is 1. The summed E-state index contributed by atoms with van der Waals surface area (Å²) < 4.78 is 0. The lowest BCUT2D eigenvalue weighted by atomic mass is 9.89. The van der Waals surface area contributed by atoms with Gasteiger partial charge in [0.2, 0.25) is 0 Å². The van der Waals surface area contributed by atoms with Gasteiger partial charge in [-0.05, 0) is 37.4 Å². The molecular formula is C16H25N3O. The first-order valence-electron chi connectivity index (χ1n) is 7.48. The Morgan fingerprint density at radius 2 is 2.00 bits per heavy atom. The van der Waals surface area contributed by atoms with Gasteiger partial charge in [0.05, 0.1) is 0 Å². The second-order valence-corrected chi connectivity index (χ2v) is 5.83. The van der Waals surface area contributed by atoms with Gasteiger partial charge in [-0.3, -0.25) is 10.2 Å². The van der Waals surface area contributed by atoms with Gasteiger partial charge in [-0.2, -0.15) is 0 Å². The Bertz CT molecular complexity index is 441. The van der Waals surface area contributed by atoms with Crippen molar-refractivity contribution in [3.8, 4) is 0 Å². The summed E-state index contributed by atoms with van der Waals surface area (Å²) in [5.41, 5.74) is 3.93. The number of nitrogens with zero attached hydrogens (tertiary/aromatic N) is 1. The van der Waals surface area contributed by atoms with E-state index in [1.54, 1.807) is 0 Å². The molecule has 4 nitrogen and oxygen atoms in total. The van der Waals surface area contributed by atoms with E-state index in [9.17, 15) is 4.79 Å². The van der Waals surface area contributed by atoms with E-state index in [1.807, 2.05) is 24.3 Å². The maximum Gasteiger partial charge on any atom is 0.265 e. The summed E-state index contributed by atoms with van der Waals surface area (Å²) in [6.45, 7) is 1.90. The minimum atomic E-state index is -0.216. The fraction of sp³-hybridized carbons (Fsp3) is 0.562. The smallest absolute Gasteiger partial charge is 0.265 e. The number of nitrogens with two attached hydrogens (primary N) is 1. The standard InChI is InChI=1S/C16H25N3O/c1-19(11-13-7-3-2-4-8-13)12-14-9-5-6-10-15(14)16(20)18-17/h5-6,9-10,13H,2-4,7-8,11-12,17H2,1H3,(H,18,20). The van der Waals surface area contributed by atoms with Crippen LogP contribution in [0.5, 0.6) is 0 Å². The van der Waals surface area contributed by atoms with Gasteiger partial charge >= 0.3 is 0 Å². The quantitative estimate of drug-likeness (QED) is 0.492. The number of hydrogen-bond donors (Lipinski definition) is 2. The molecule has 3 N–H and O–H groups in total. The first-order chi connectivity index (χ1) is 9.70. The minimum Gasteiger partial charge on any atom is -0.302 e. The van der Waals surface area contributed by atoms with E-state index in [0.29, 0.717) is 5.56 Å². The molecule has 20 heavy (non-hydrogen) atoms. The third-order valence-corrected chi connectivity index (χ3v) is 4.13. The van der Waals surface area contributed by atoms with Crippen LogP contribution in [0.15, 0.2) is 24.3 Å². The van der Waals surface area contributed by atoms with Crippen LogP contribution < -0.4 is 11.3 Å². The molecule has 0 bridgehead atoms. The topological polar surface area (TPSA) is 58.4 Å². The molecule has 1 amide bonds. The number of rotatable bonds is 5. The van der Waals surface area contributed by atoms with Crippen LogP contribution in [-0.2, 0) is 6.54 Å². The van der Waals surface area contributed by atoms with Crippen LogP contribution in [0.3, 0.4) is 0 Å². The Labute approximate surface area is 121 Å². The van der Waals surface area contributed by atoms with Gasteiger partial charge in [-0.15, -0.1) is 0 Å². The van der Waals surface area contributed by atoms with E-state index in [4.69, 9.17) is 5.84 Å². The number of benzene rings is 1. The zero-order valence-electron chi connectivity index (χ0n) is 12.3. The predicted octanol–water partition coefficient (Wildman–Crippen LogP) is 2.30. The first-order valence-corrected chi connectivity index (χ1v) is 7.48. The van der Waals surface area contributed by atoms with Crippen LogP contribution in [0.2, 0.25) is 0 Å². The molecule has 0 heterocycles. The largest absolute Gasteiger partial charge is 0.302 e. The summed E-state index contributed by atoms with van der Waals surface area (Å²) in [5, 5.41) is 0. The molecule has 0 atom stereocenters. The number of carbonyl (C=O) groups excluding carboxylic acids is 1. The van der Waals surface area contributed by atoms with Crippen molar-refractivity contribution in [2.75, 3.05) is 13.6 Å². The summed E-state index contributed by atoms with van der Waals surface area (Å²) in [6.07, 6.45) is 6.81. The van der Waals surface area contributed by atoms with Gasteiger partial charge in [0.15, 0.2) is 0 Å². The summed E-state index contributed by atoms with van der Waals surface area (Å²) >= 11 is 0. The molecule has 0 spiro atoms. The molecule has 1 aromatic rings. The molecule has 1 aliphatic rings. The van der Waals surface area contributed by atoms with Gasteiger partial charge < -0.3 is 4.90 Å². The van der Waals surface area contributed by atoms with E-state index in [2.05, 4.69) is 17.4 Å². The zero-order chi connectivity index (χ0) is 14.4. The van der Waals surface area contributed by atoms with E-state index < -0.39 is 0 Å². The van der Waals surface area contributed by atoms with Crippen LogP contribution in [0.1, 0.15) is 48.0 Å². The van der Waals surface area contributed by atoms with Gasteiger partial charge in [-0.1, -0.05) is 37.5 Å². The number of hydrazine groups is 1. The van der Waals surface area contributed by atoms with Crippen molar-refractivity contribution in [3.63, 3.8) is 0 Å². The van der Waals surface area contributed by atoms with Crippen molar-refractivity contribution in [3.05, 3.63) is 35.4 Å². The van der Waals surface area contributed by atoms with Crippen LogP contribution in [0.25, 0.3) is 0 Å². The van der Waals surface area contributed by atoms with Gasteiger partial charge in [0.1, 0.15) is 0 Å². The molecule has 1 aromatic carbocycles. The summed E-state index contributed by atoms with van der Waals surface area (Å²) in [4.78, 5) is 14.1. The maximum atomic E-state index is 11.8. The highest BCUT2D eigenvalue weighted by atomic mass is 16.2. The second-order valence-electron chi connectivity index (χ2n) is 5.83. The molecule has 110 valence electrons. The molecule has 2 rings (SSSR count). The van der Waals surface area contributed by atoms with Crippen LogP contribution in [-0.4, -0.2) is 24.4 Å². The van der Waals surface area contributed by atoms with E-state index >= 15 is 0 Å². The summed E-state index contributed by atoms with van der Waals surface area (Å²) in [5.74, 6) is 5.83. The highest BCUT2D eigenvalue weighted by molar-refractivity contribution is 5.95. The van der Waals surface area contributed by atoms with Crippen molar-refractivity contribution < 1.29 is 4.79 Å². The minimum absolute atomic E-state index is 0.216. The van der Waals surface area contributed by atoms with Crippen molar-refractivity contribution in [2.24, 2.45) is 11.8 Å². The average Bonchev–Trinajstić information content (AvgIpc) is 2.48. The lowest BCUT2D eigenvalue weighted by Gasteiger charge is -2.27. The monoisotopic (exact) mass is 275 g/mol. The summed E-state index contributed by atoms with van der Waals surface area (Å²) in [7, 11) is 2.13. The molecule has 4 heteroatoms. The predicted molar refractivity (Wildman–Crippen MR) is 81.0 cm³/mol. The van der Waals surface area contributed by atoms with E-state index in [-0.39, 0.29) is 5.91 Å². The molecule has 1 fully saturated rings. The molecule has 0 unspecified atom stereocenters. The lowest BCUT2D eigenvalue weighted by Crippen LogP contribution is -2.32. The fourth-order valence-electron chi connectivity index (χ4n) is 3.12. The fourth-order valence-corrected chi connectivity index (χ4v) is 3.12. The van der Waals surface area contributed by atoms with Crippen molar-refractivity contribution in [2.45, 2.75) is 38.6 Å². The van der Waals surface area contributed by atoms with Gasteiger partial charge in [0.25, 0.3) is 5.91 Å². The Balaban J connectivity index is 1.96. The average molecular weight is 275 g/mol. The van der Waals surface area contributed by atoms with Crippen LogP contribution in [0, 0.1) is 5.92 Å². The van der Waals surface area contributed by atoms with Crippen molar-refractivity contribution >= 4 is 5.91 Å². The Kier molecular flexibility index (Phi) is 5.56. The Morgan fingerprint density at radius 3 is 2.70 bits per heavy atom. The lowest BCUT2D eigenvalue weighted by molar-refractivity contribution is 0.0951. The highest BCUT2D eigenvalue weighted by Crippen LogP contribution is 2.24. The van der Waals surface area contributed by atoms with Crippen LogP contribution >= 0.6 is 0 Å². The molecule has 0 radical (unpaired) electrons. The molecule has 0 aliphatic heterocycles. The number of amides is 1. The first kappa shape index (κ1) is 15.0. The van der Waals surface area contributed by atoms with Crippen molar-refractivity contribution in [1.29, 1.82) is 0 Å². The number of hydrogen-bond acceptors (Lipinski definition) is 3. The molecule has 0 aromatic heterocycles. The van der Waals surface area contributed by atoms with Crippen LogP contribution in [0.4, 0.5) is 0 Å². The Hall–Kier alpha value is -1.39. The SMILES string of the molecule is CN(Cc1ccccc1C(=O)NN)CC1CCCCC1. The highest BCUT2D eigenvalue weighted by Gasteiger charge is 2.17. The number of nitrogens with one attached hydrogen (secondary N) is 1. The maximum absolute atomic E-state index is 11.8. The van der Waals surface area contributed by atoms with Crippen molar-refractivity contribution in [1.82, 2.24) is 10.3 Å².